The standard InChI is InChI=1S/C16H11NO3/c18-15-13-9-5-4-8-12(13)14(16(19)20-15)10-17-11-6-2-1-3-7-11/h1-10,19H. The van der Waals surface area contributed by atoms with Crippen molar-refractivity contribution in [3.63, 3.8) is 0 Å². The summed E-state index contributed by atoms with van der Waals surface area (Å²) in [7, 11) is 0. The van der Waals surface area contributed by atoms with E-state index in [0.717, 1.165) is 5.69 Å². The highest BCUT2D eigenvalue weighted by molar-refractivity contribution is 6.01. The van der Waals surface area contributed by atoms with Crippen LogP contribution in [0.3, 0.4) is 0 Å². The highest BCUT2D eigenvalue weighted by Gasteiger charge is 2.10. The van der Waals surface area contributed by atoms with Crippen LogP contribution in [0.2, 0.25) is 0 Å². The molecule has 20 heavy (non-hydrogen) atoms. The Kier molecular flexibility index (Phi) is 3.05. The van der Waals surface area contributed by atoms with Crippen molar-refractivity contribution in [3.05, 3.63) is 70.6 Å². The summed E-state index contributed by atoms with van der Waals surface area (Å²) in [5.41, 5.74) is 0.584. The minimum Gasteiger partial charge on any atom is -0.480 e. The minimum absolute atomic E-state index is 0.393. The molecule has 2 aromatic carbocycles. The Hall–Kier alpha value is -2.88. The lowest BCUT2D eigenvalue weighted by Gasteiger charge is -2.02. The highest BCUT2D eigenvalue weighted by atomic mass is 16.5. The Bertz CT molecular complexity index is 835. The van der Waals surface area contributed by atoms with Crippen LogP contribution in [-0.4, -0.2) is 11.3 Å². The van der Waals surface area contributed by atoms with Crippen LogP contribution in [0.15, 0.2) is 68.8 Å². The molecule has 0 bridgehead atoms. The number of hydrogen-bond acceptors (Lipinski definition) is 4. The van der Waals surface area contributed by atoms with Gasteiger partial charge in [-0.25, -0.2) is 4.79 Å². The molecule has 0 spiro atoms. The van der Waals surface area contributed by atoms with E-state index >= 15 is 0 Å². The first-order valence-electron chi connectivity index (χ1n) is 6.09. The number of para-hydroxylation sites is 1. The number of fused-ring (bicyclic) bond motifs is 1. The number of benzene rings is 2. The van der Waals surface area contributed by atoms with Gasteiger partial charge in [0.1, 0.15) is 0 Å². The molecular formula is C16H11NO3. The first-order chi connectivity index (χ1) is 9.75. The van der Waals surface area contributed by atoms with E-state index in [1.54, 1.807) is 24.3 Å². The SMILES string of the molecule is O=c1oc(O)c(C=Nc2ccccc2)c2ccccc12. The number of hydrogen-bond donors (Lipinski definition) is 1. The average molecular weight is 265 g/mol. The molecule has 3 aromatic rings. The third-order valence-corrected chi connectivity index (χ3v) is 2.96. The number of aromatic hydroxyl groups is 1. The molecule has 4 nitrogen and oxygen atoms in total. The second kappa shape index (κ2) is 5.01. The Morgan fingerprint density at radius 1 is 0.950 bits per heavy atom. The summed E-state index contributed by atoms with van der Waals surface area (Å²) in [5.74, 6) is -0.423. The van der Waals surface area contributed by atoms with E-state index in [1.807, 2.05) is 30.3 Å². The quantitative estimate of drug-likeness (QED) is 0.723. The van der Waals surface area contributed by atoms with E-state index in [4.69, 9.17) is 4.42 Å². The lowest BCUT2D eigenvalue weighted by molar-refractivity contribution is 0.312. The number of rotatable bonds is 2. The van der Waals surface area contributed by atoms with Crippen LogP contribution in [0, 0.1) is 0 Å². The normalized spacial score (nSPS) is 11.2. The van der Waals surface area contributed by atoms with Crippen molar-refractivity contribution in [2.45, 2.75) is 0 Å². The molecule has 0 saturated heterocycles. The van der Waals surface area contributed by atoms with Gasteiger partial charge in [0.2, 0.25) is 0 Å². The van der Waals surface area contributed by atoms with Gasteiger partial charge < -0.3 is 9.52 Å². The van der Waals surface area contributed by atoms with E-state index in [2.05, 4.69) is 4.99 Å². The van der Waals surface area contributed by atoms with Gasteiger partial charge >= 0.3 is 5.63 Å². The van der Waals surface area contributed by atoms with Crippen molar-refractivity contribution >= 4 is 22.7 Å². The molecule has 0 fully saturated rings. The Morgan fingerprint density at radius 2 is 1.60 bits per heavy atom. The molecular weight excluding hydrogens is 254 g/mol. The van der Waals surface area contributed by atoms with Crippen LogP contribution in [0.5, 0.6) is 5.95 Å². The summed E-state index contributed by atoms with van der Waals surface area (Å²) in [6.45, 7) is 0. The zero-order chi connectivity index (χ0) is 13.9. The zero-order valence-corrected chi connectivity index (χ0v) is 10.5. The predicted molar refractivity (Wildman–Crippen MR) is 77.8 cm³/mol. The third-order valence-electron chi connectivity index (χ3n) is 2.96. The van der Waals surface area contributed by atoms with Crippen molar-refractivity contribution in [2.24, 2.45) is 4.99 Å². The monoisotopic (exact) mass is 265 g/mol. The van der Waals surface area contributed by atoms with Gasteiger partial charge in [-0.1, -0.05) is 36.4 Å². The van der Waals surface area contributed by atoms with E-state index in [0.29, 0.717) is 16.3 Å². The molecule has 0 saturated carbocycles. The predicted octanol–water partition coefficient (Wildman–Crippen LogP) is 3.25. The second-order valence-electron chi connectivity index (χ2n) is 4.25. The van der Waals surface area contributed by atoms with Crippen LogP contribution in [-0.2, 0) is 0 Å². The number of nitrogens with zero attached hydrogens (tertiary/aromatic N) is 1. The van der Waals surface area contributed by atoms with Crippen LogP contribution in [0.1, 0.15) is 5.56 Å². The summed E-state index contributed by atoms with van der Waals surface area (Å²) in [5, 5.41) is 10.8. The molecule has 0 aliphatic heterocycles. The van der Waals surface area contributed by atoms with Crippen LogP contribution in [0.4, 0.5) is 5.69 Å². The fraction of sp³-hybridized carbons (Fsp3) is 0. The molecule has 98 valence electrons. The van der Waals surface area contributed by atoms with Gasteiger partial charge in [-0.2, -0.15) is 0 Å². The molecule has 1 heterocycles. The molecule has 0 amide bonds. The van der Waals surface area contributed by atoms with Gasteiger partial charge in [0.05, 0.1) is 16.6 Å². The fourth-order valence-electron chi connectivity index (χ4n) is 1.99. The first-order valence-corrected chi connectivity index (χ1v) is 6.09. The van der Waals surface area contributed by atoms with Gasteiger partial charge in [-0.05, 0) is 18.2 Å². The van der Waals surface area contributed by atoms with Crippen molar-refractivity contribution in [1.29, 1.82) is 0 Å². The molecule has 4 heteroatoms. The zero-order valence-electron chi connectivity index (χ0n) is 10.5. The first kappa shape index (κ1) is 12.2. The van der Waals surface area contributed by atoms with Gasteiger partial charge in [0.15, 0.2) is 0 Å². The Morgan fingerprint density at radius 3 is 2.35 bits per heavy atom. The molecule has 1 N–H and O–H groups in total. The molecule has 0 aliphatic rings. The van der Waals surface area contributed by atoms with Gasteiger partial charge in [0.25, 0.3) is 5.95 Å². The molecule has 3 rings (SSSR count). The highest BCUT2D eigenvalue weighted by Crippen LogP contribution is 2.23. The maximum absolute atomic E-state index is 11.7. The largest absolute Gasteiger partial charge is 0.480 e. The van der Waals surface area contributed by atoms with Crippen molar-refractivity contribution in [2.75, 3.05) is 0 Å². The summed E-state index contributed by atoms with van der Waals surface area (Å²) >= 11 is 0. The smallest absolute Gasteiger partial charge is 0.346 e. The van der Waals surface area contributed by atoms with Gasteiger partial charge in [-0.15, -0.1) is 0 Å². The summed E-state index contributed by atoms with van der Waals surface area (Å²) in [4.78, 5) is 15.9. The van der Waals surface area contributed by atoms with E-state index in [-0.39, 0.29) is 0 Å². The average Bonchev–Trinajstić information content (AvgIpc) is 2.48. The Balaban J connectivity index is 2.17. The molecule has 0 unspecified atom stereocenters. The van der Waals surface area contributed by atoms with Crippen molar-refractivity contribution < 1.29 is 9.52 Å². The topological polar surface area (TPSA) is 62.8 Å². The Labute approximate surface area is 114 Å². The van der Waals surface area contributed by atoms with Crippen molar-refractivity contribution in [3.8, 4) is 5.95 Å². The number of aliphatic imine (C=N–C) groups is 1. The van der Waals surface area contributed by atoms with E-state index in [1.165, 1.54) is 6.21 Å². The van der Waals surface area contributed by atoms with E-state index in [9.17, 15) is 9.90 Å². The summed E-state index contributed by atoms with van der Waals surface area (Å²) in [6, 6.07) is 16.3. The molecule has 0 atom stereocenters. The summed E-state index contributed by atoms with van der Waals surface area (Å²) in [6.07, 6.45) is 1.50. The lowest BCUT2D eigenvalue weighted by atomic mass is 10.1. The van der Waals surface area contributed by atoms with Crippen LogP contribution < -0.4 is 5.63 Å². The van der Waals surface area contributed by atoms with Gasteiger partial charge in [0, 0.05) is 11.6 Å². The molecule has 1 aromatic heterocycles. The summed E-state index contributed by atoms with van der Waals surface area (Å²) < 4.78 is 4.82. The van der Waals surface area contributed by atoms with E-state index < -0.39 is 11.6 Å². The third kappa shape index (κ3) is 2.19. The fourth-order valence-corrected chi connectivity index (χ4v) is 1.99. The lowest BCUT2D eigenvalue weighted by Crippen LogP contribution is -2.01. The molecule has 0 radical (unpaired) electrons. The van der Waals surface area contributed by atoms with Gasteiger partial charge in [-0.3, -0.25) is 4.99 Å². The van der Waals surface area contributed by atoms with Crippen molar-refractivity contribution in [1.82, 2.24) is 0 Å². The molecule has 0 aliphatic carbocycles. The maximum Gasteiger partial charge on any atom is 0.346 e. The minimum atomic E-state index is -0.560. The second-order valence-corrected chi connectivity index (χ2v) is 4.25. The van der Waals surface area contributed by atoms with Crippen LogP contribution in [0.25, 0.3) is 10.8 Å². The maximum atomic E-state index is 11.7. The van der Waals surface area contributed by atoms with Crippen LogP contribution >= 0.6 is 0 Å².